The Labute approximate surface area is 122 Å². The molecule has 0 saturated carbocycles. The molecule has 2 atom stereocenters. The van der Waals surface area contributed by atoms with E-state index in [2.05, 4.69) is 16.0 Å². The number of amides is 2. The van der Waals surface area contributed by atoms with Gasteiger partial charge in [-0.1, -0.05) is 12.1 Å². The summed E-state index contributed by atoms with van der Waals surface area (Å²) < 4.78 is 5.10. The van der Waals surface area contributed by atoms with Crippen molar-refractivity contribution in [2.75, 3.05) is 25.6 Å². The van der Waals surface area contributed by atoms with Gasteiger partial charge in [-0.05, 0) is 24.7 Å². The van der Waals surface area contributed by atoms with Gasteiger partial charge in [0, 0.05) is 12.2 Å². The molecule has 2 unspecified atom stereocenters. The third-order valence-electron chi connectivity index (χ3n) is 3.28. The number of rotatable bonds is 5. The van der Waals surface area contributed by atoms with Gasteiger partial charge in [0.15, 0.2) is 0 Å². The van der Waals surface area contributed by atoms with E-state index in [9.17, 15) is 9.59 Å². The molecule has 0 spiro atoms. The van der Waals surface area contributed by atoms with E-state index in [1.165, 1.54) is 0 Å². The zero-order chi connectivity index (χ0) is 15.2. The predicted octanol–water partition coefficient (Wildman–Crippen LogP) is 0.627. The summed E-state index contributed by atoms with van der Waals surface area (Å²) in [6, 6.07) is 6.49. The van der Waals surface area contributed by atoms with Crippen molar-refractivity contribution in [3.63, 3.8) is 0 Å². The van der Waals surface area contributed by atoms with Gasteiger partial charge in [-0.3, -0.25) is 4.79 Å². The summed E-state index contributed by atoms with van der Waals surface area (Å²) in [6.07, 6.45) is 0. The Morgan fingerprint density at radius 2 is 2.19 bits per heavy atom. The molecule has 0 bridgehead atoms. The van der Waals surface area contributed by atoms with Gasteiger partial charge in [0.1, 0.15) is 5.92 Å². The summed E-state index contributed by atoms with van der Waals surface area (Å²) in [6.45, 7) is 1.04. The third kappa shape index (κ3) is 4.17. The number of carbonyl (C=O) groups excluding carboxylic acids is 1. The number of hydrogen-bond donors (Lipinski definition) is 4. The molecule has 1 heterocycles. The Bertz CT molecular complexity index is 521. The van der Waals surface area contributed by atoms with Gasteiger partial charge in [0.05, 0.1) is 19.3 Å². The summed E-state index contributed by atoms with van der Waals surface area (Å²) in [4.78, 5) is 22.9. The van der Waals surface area contributed by atoms with Gasteiger partial charge in [0.25, 0.3) is 0 Å². The van der Waals surface area contributed by atoms with Crippen molar-refractivity contribution in [2.45, 2.75) is 12.6 Å². The zero-order valence-corrected chi connectivity index (χ0v) is 11.8. The summed E-state index contributed by atoms with van der Waals surface area (Å²) in [7, 11) is 1.85. The van der Waals surface area contributed by atoms with Crippen LogP contribution >= 0.6 is 0 Å². The number of ether oxygens (including phenoxy) is 1. The highest BCUT2D eigenvalue weighted by Crippen LogP contribution is 2.15. The minimum atomic E-state index is -0.964. The van der Waals surface area contributed by atoms with E-state index in [0.717, 1.165) is 5.56 Å². The van der Waals surface area contributed by atoms with E-state index in [-0.39, 0.29) is 13.2 Å². The Hall–Kier alpha value is -2.12. The van der Waals surface area contributed by atoms with Crippen molar-refractivity contribution >= 4 is 17.7 Å². The predicted molar refractivity (Wildman–Crippen MR) is 77.1 cm³/mol. The van der Waals surface area contributed by atoms with Crippen LogP contribution in [-0.2, 0) is 16.1 Å². The highest BCUT2D eigenvalue weighted by Gasteiger charge is 2.35. The summed E-state index contributed by atoms with van der Waals surface area (Å²) in [5.41, 5.74) is 1.70. The van der Waals surface area contributed by atoms with E-state index in [1.807, 2.05) is 25.2 Å². The zero-order valence-electron chi connectivity index (χ0n) is 11.8. The second kappa shape index (κ2) is 7.05. The fourth-order valence-electron chi connectivity index (χ4n) is 2.24. The summed E-state index contributed by atoms with van der Waals surface area (Å²) in [5, 5.41) is 17.4. The van der Waals surface area contributed by atoms with Crippen LogP contribution in [-0.4, -0.2) is 43.4 Å². The molecule has 0 aromatic heterocycles. The maximum Gasteiger partial charge on any atom is 0.319 e. The van der Waals surface area contributed by atoms with Gasteiger partial charge in [-0.2, -0.15) is 0 Å². The third-order valence-corrected chi connectivity index (χ3v) is 3.28. The molecular formula is C14H19N3O4. The van der Waals surface area contributed by atoms with Crippen LogP contribution in [0.4, 0.5) is 10.5 Å². The van der Waals surface area contributed by atoms with Crippen LogP contribution in [0.3, 0.4) is 0 Å². The molecule has 7 heteroatoms. The largest absolute Gasteiger partial charge is 0.481 e. The van der Waals surface area contributed by atoms with E-state index in [0.29, 0.717) is 12.2 Å². The SMILES string of the molecule is CNCc1cccc(NC(=O)NC2COCC2C(=O)O)c1. The Morgan fingerprint density at radius 3 is 2.90 bits per heavy atom. The molecule has 1 saturated heterocycles. The topological polar surface area (TPSA) is 99.7 Å². The molecule has 0 aliphatic carbocycles. The maximum atomic E-state index is 11.9. The van der Waals surface area contributed by atoms with Crippen molar-refractivity contribution < 1.29 is 19.4 Å². The van der Waals surface area contributed by atoms with E-state index in [4.69, 9.17) is 9.84 Å². The number of hydrogen-bond acceptors (Lipinski definition) is 4. The summed E-state index contributed by atoms with van der Waals surface area (Å²) >= 11 is 0. The number of aliphatic carboxylic acids is 1. The van der Waals surface area contributed by atoms with Crippen LogP contribution in [0.25, 0.3) is 0 Å². The average Bonchev–Trinajstić information content (AvgIpc) is 2.87. The van der Waals surface area contributed by atoms with Crippen LogP contribution in [0, 0.1) is 5.92 Å². The monoisotopic (exact) mass is 293 g/mol. The quantitative estimate of drug-likeness (QED) is 0.638. The average molecular weight is 293 g/mol. The van der Waals surface area contributed by atoms with E-state index < -0.39 is 24.0 Å². The molecule has 1 aromatic rings. The van der Waals surface area contributed by atoms with E-state index in [1.54, 1.807) is 6.07 Å². The van der Waals surface area contributed by atoms with Crippen molar-refractivity contribution in [3.8, 4) is 0 Å². The number of carboxylic acids is 1. The number of nitrogens with one attached hydrogen (secondary N) is 3. The lowest BCUT2D eigenvalue weighted by molar-refractivity contribution is -0.142. The first-order valence-electron chi connectivity index (χ1n) is 6.71. The maximum absolute atomic E-state index is 11.9. The first kappa shape index (κ1) is 15.3. The van der Waals surface area contributed by atoms with Crippen LogP contribution in [0.5, 0.6) is 0 Å². The molecule has 0 radical (unpaired) electrons. The number of anilines is 1. The first-order chi connectivity index (χ1) is 10.1. The molecule has 1 aromatic carbocycles. The fourth-order valence-corrected chi connectivity index (χ4v) is 2.24. The van der Waals surface area contributed by atoms with Crippen molar-refractivity contribution in [3.05, 3.63) is 29.8 Å². The number of carbonyl (C=O) groups is 2. The summed E-state index contributed by atoms with van der Waals surface area (Å²) in [5.74, 6) is -1.67. The van der Waals surface area contributed by atoms with Gasteiger partial charge in [0.2, 0.25) is 0 Å². The normalized spacial score (nSPS) is 21.0. The van der Waals surface area contributed by atoms with E-state index >= 15 is 0 Å². The van der Waals surface area contributed by atoms with Crippen LogP contribution < -0.4 is 16.0 Å². The number of carboxylic acid groups (broad SMARTS) is 1. The molecule has 2 amide bonds. The molecule has 1 aliphatic rings. The lowest BCUT2D eigenvalue weighted by Crippen LogP contribution is -2.44. The van der Waals surface area contributed by atoms with Gasteiger partial charge < -0.3 is 25.8 Å². The lowest BCUT2D eigenvalue weighted by atomic mass is 10.0. The van der Waals surface area contributed by atoms with Gasteiger partial charge >= 0.3 is 12.0 Å². The second-order valence-electron chi connectivity index (χ2n) is 4.92. The molecule has 2 rings (SSSR count). The Kier molecular flexibility index (Phi) is 5.13. The second-order valence-corrected chi connectivity index (χ2v) is 4.92. The van der Waals surface area contributed by atoms with Crippen molar-refractivity contribution in [1.82, 2.24) is 10.6 Å². The molecule has 1 fully saturated rings. The highest BCUT2D eigenvalue weighted by atomic mass is 16.5. The van der Waals surface area contributed by atoms with Crippen LogP contribution in [0.15, 0.2) is 24.3 Å². The molecule has 114 valence electrons. The molecule has 1 aliphatic heterocycles. The van der Waals surface area contributed by atoms with Crippen molar-refractivity contribution in [1.29, 1.82) is 0 Å². The Balaban J connectivity index is 1.92. The standard InChI is InChI=1S/C14H19N3O4/c1-15-6-9-3-2-4-10(5-9)16-14(20)17-12-8-21-7-11(12)13(18)19/h2-5,11-12,15H,6-8H2,1H3,(H,18,19)(H2,16,17,20). The molecule has 7 nitrogen and oxygen atoms in total. The number of urea groups is 1. The van der Waals surface area contributed by atoms with Crippen LogP contribution in [0.1, 0.15) is 5.56 Å². The molecule has 21 heavy (non-hydrogen) atoms. The lowest BCUT2D eigenvalue weighted by Gasteiger charge is -2.16. The smallest absolute Gasteiger partial charge is 0.319 e. The minimum absolute atomic E-state index is 0.123. The highest BCUT2D eigenvalue weighted by molar-refractivity contribution is 5.90. The fraction of sp³-hybridized carbons (Fsp3) is 0.429. The first-order valence-corrected chi connectivity index (χ1v) is 6.71. The van der Waals surface area contributed by atoms with Crippen LogP contribution in [0.2, 0.25) is 0 Å². The van der Waals surface area contributed by atoms with Gasteiger partial charge in [-0.15, -0.1) is 0 Å². The molecule has 4 N–H and O–H groups in total. The Morgan fingerprint density at radius 1 is 1.38 bits per heavy atom. The minimum Gasteiger partial charge on any atom is -0.481 e. The van der Waals surface area contributed by atoms with Crippen molar-refractivity contribution in [2.24, 2.45) is 5.92 Å². The number of benzene rings is 1. The molecular weight excluding hydrogens is 274 g/mol. The van der Waals surface area contributed by atoms with Gasteiger partial charge in [-0.25, -0.2) is 4.79 Å².